The third-order valence-corrected chi connectivity index (χ3v) is 1.91. The van der Waals surface area contributed by atoms with Gasteiger partial charge in [0.2, 0.25) is 0 Å². The number of hydrogen-bond donors (Lipinski definition) is 2. The van der Waals surface area contributed by atoms with Crippen LogP contribution in [0.3, 0.4) is 0 Å². The molecule has 0 radical (unpaired) electrons. The third kappa shape index (κ3) is 2.40. The van der Waals surface area contributed by atoms with Gasteiger partial charge in [-0.3, -0.25) is 0 Å². The summed E-state index contributed by atoms with van der Waals surface area (Å²) >= 11 is 0. The van der Waals surface area contributed by atoms with Crippen LogP contribution in [0.25, 0.3) is 12.2 Å². The van der Waals surface area contributed by atoms with E-state index >= 15 is 0 Å². The molecule has 0 aliphatic heterocycles. The van der Waals surface area contributed by atoms with Crippen LogP contribution in [0.4, 0.5) is 0 Å². The van der Waals surface area contributed by atoms with Crippen LogP contribution < -0.4 is 0 Å². The fourth-order valence-corrected chi connectivity index (χ4v) is 1.28. The summed E-state index contributed by atoms with van der Waals surface area (Å²) in [6, 6.07) is 8.00. The van der Waals surface area contributed by atoms with Crippen molar-refractivity contribution in [2.75, 3.05) is 0 Å². The molecule has 0 fully saturated rings. The minimum absolute atomic E-state index is 0.0362. The molecule has 0 aliphatic rings. The molecule has 3 heteroatoms. The third-order valence-electron chi connectivity index (χ3n) is 1.91. The van der Waals surface area contributed by atoms with E-state index in [1.807, 2.05) is 6.07 Å². The molecule has 0 atom stereocenters. The molecule has 2 rings (SSSR count). The van der Waals surface area contributed by atoms with Gasteiger partial charge in [-0.25, -0.2) is 0 Å². The fraction of sp³-hybridized carbons (Fsp3) is 0. The first-order valence-corrected chi connectivity index (χ1v) is 4.49. The molecule has 1 aromatic heterocycles. The Kier molecular flexibility index (Phi) is 2.46. The van der Waals surface area contributed by atoms with Gasteiger partial charge in [-0.05, 0) is 35.9 Å². The molecule has 2 N–H and O–H groups in total. The second-order valence-corrected chi connectivity index (χ2v) is 3.13. The minimum atomic E-state index is 0.0362. The second-order valence-electron chi connectivity index (χ2n) is 3.13. The highest BCUT2D eigenvalue weighted by Gasteiger charge is 1.96. The van der Waals surface area contributed by atoms with Gasteiger partial charge in [-0.2, -0.15) is 0 Å². The quantitative estimate of drug-likeness (QED) is 0.787. The van der Waals surface area contributed by atoms with Crippen LogP contribution in [0.1, 0.15) is 11.3 Å². The lowest BCUT2D eigenvalue weighted by atomic mass is 10.2. The molecule has 0 spiro atoms. The van der Waals surface area contributed by atoms with Crippen molar-refractivity contribution in [3.05, 3.63) is 47.9 Å². The molecular formula is C12H10O3. The maximum atomic E-state index is 9.23. The molecule has 0 saturated heterocycles. The van der Waals surface area contributed by atoms with Crippen LogP contribution in [-0.2, 0) is 0 Å². The molecule has 15 heavy (non-hydrogen) atoms. The normalized spacial score (nSPS) is 10.9. The van der Waals surface area contributed by atoms with Crippen molar-refractivity contribution in [3.63, 3.8) is 0 Å². The predicted octanol–water partition coefficient (Wildman–Crippen LogP) is 2.86. The highest BCUT2D eigenvalue weighted by molar-refractivity contribution is 5.68. The number of benzene rings is 1. The average molecular weight is 202 g/mol. The molecule has 76 valence electrons. The maximum Gasteiger partial charge on any atom is 0.126 e. The Labute approximate surface area is 86.9 Å². The minimum Gasteiger partial charge on any atom is -0.508 e. The van der Waals surface area contributed by atoms with Gasteiger partial charge in [0.1, 0.15) is 17.3 Å². The van der Waals surface area contributed by atoms with E-state index in [2.05, 4.69) is 0 Å². The smallest absolute Gasteiger partial charge is 0.126 e. The highest BCUT2D eigenvalue weighted by atomic mass is 16.3. The molecule has 2 aromatic rings. The van der Waals surface area contributed by atoms with Crippen molar-refractivity contribution >= 4 is 12.2 Å². The molecule has 0 aliphatic carbocycles. The van der Waals surface area contributed by atoms with E-state index in [1.165, 1.54) is 6.07 Å². The zero-order valence-corrected chi connectivity index (χ0v) is 7.92. The van der Waals surface area contributed by atoms with Gasteiger partial charge in [-0.1, -0.05) is 6.08 Å². The fourth-order valence-electron chi connectivity index (χ4n) is 1.28. The van der Waals surface area contributed by atoms with Crippen molar-refractivity contribution in [2.45, 2.75) is 0 Å². The number of aromatic hydroxyl groups is 2. The standard InChI is InChI=1S/C12H10O3/c13-10-6-9(7-11(14)8-10)3-4-12-2-1-5-15-12/h1-8,13-14H/b4-3+. The molecule has 0 unspecified atom stereocenters. The summed E-state index contributed by atoms with van der Waals surface area (Å²) in [4.78, 5) is 0. The largest absolute Gasteiger partial charge is 0.508 e. The second kappa shape index (κ2) is 3.92. The van der Waals surface area contributed by atoms with Gasteiger partial charge in [0, 0.05) is 6.07 Å². The van der Waals surface area contributed by atoms with E-state index in [9.17, 15) is 10.2 Å². The van der Waals surface area contributed by atoms with E-state index in [-0.39, 0.29) is 11.5 Å². The van der Waals surface area contributed by atoms with E-state index in [0.29, 0.717) is 5.56 Å². The van der Waals surface area contributed by atoms with E-state index in [4.69, 9.17) is 4.42 Å². The van der Waals surface area contributed by atoms with Gasteiger partial charge in [0.15, 0.2) is 0 Å². The summed E-state index contributed by atoms with van der Waals surface area (Å²) < 4.78 is 5.10. The van der Waals surface area contributed by atoms with Crippen molar-refractivity contribution in [1.29, 1.82) is 0 Å². The molecule has 3 nitrogen and oxygen atoms in total. The molecule has 1 aromatic carbocycles. The van der Waals surface area contributed by atoms with E-state index < -0.39 is 0 Å². The zero-order valence-electron chi connectivity index (χ0n) is 7.92. The number of phenols is 2. The summed E-state index contributed by atoms with van der Waals surface area (Å²) in [7, 11) is 0. The van der Waals surface area contributed by atoms with Gasteiger partial charge in [-0.15, -0.1) is 0 Å². The van der Waals surface area contributed by atoms with E-state index in [1.54, 1.807) is 36.6 Å². The van der Waals surface area contributed by atoms with Crippen molar-refractivity contribution < 1.29 is 14.6 Å². The number of phenolic OH excluding ortho intramolecular Hbond substituents is 2. The molecule has 0 saturated carbocycles. The number of rotatable bonds is 2. The van der Waals surface area contributed by atoms with Crippen molar-refractivity contribution in [1.82, 2.24) is 0 Å². The van der Waals surface area contributed by atoms with Crippen molar-refractivity contribution in [3.8, 4) is 11.5 Å². The van der Waals surface area contributed by atoms with Crippen LogP contribution in [0.5, 0.6) is 11.5 Å². The Morgan fingerprint density at radius 2 is 1.73 bits per heavy atom. The maximum absolute atomic E-state index is 9.23. The van der Waals surface area contributed by atoms with Crippen LogP contribution in [0.15, 0.2) is 41.0 Å². The monoisotopic (exact) mass is 202 g/mol. The van der Waals surface area contributed by atoms with Crippen molar-refractivity contribution in [2.24, 2.45) is 0 Å². The highest BCUT2D eigenvalue weighted by Crippen LogP contribution is 2.21. The van der Waals surface area contributed by atoms with Gasteiger partial charge >= 0.3 is 0 Å². The van der Waals surface area contributed by atoms with E-state index in [0.717, 1.165) is 5.76 Å². The summed E-state index contributed by atoms with van der Waals surface area (Å²) in [5.41, 5.74) is 0.712. The average Bonchev–Trinajstić information content (AvgIpc) is 2.65. The Hall–Kier alpha value is -2.16. The summed E-state index contributed by atoms with van der Waals surface area (Å²) in [5.74, 6) is 0.793. The molecule has 1 heterocycles. The molecule has 0 amide bonds. The van der Waals surface area contributed by atoms with Crippen LogP contribution >= 0.6 is 0 Å². The zero-order chi connectivity index (χ0) is 10.7. The van der Waals surface area contributed by atoms with Crippen LogP contribution in [-0.4, -0.2) is 10.2 Å². The Morgan fingerprint density at radius 1 is 1.00 bits per heavy atom. The van der Waals surface area contributed by atoms with Crippen LogP contribution in [0.2, 0.25) is 0 Å². The summed E-state index contributed by atoms with van der Waals surface area (Å²) in [5, 5.41) is 18.5. The lowest BCUT2D eigenvalue weighted by Gasteiger charge is -1.97. The Bertz CT molecular complexity index is 449. The van der Waals surface area contributed by atoms with Gasteiger partial charge in [0.05, 0.1) is 6.26 Å². The Morgan fingerprint density at radius 3 is 2.33 bits per heavy atom. The first kappa shape index (κ1) is 9.40. The lowest BCUT2D eigenvalue weighted by molar-refractivity contribution is 0.450. The summed E-state index contributed by atoms with van der Waals surface area (Å²) in [6.45, 7) is 0. The van der Waals surface area contributed by atoms with Gasteiger partial charge < -0.3 is 14.6 Å². The molecular weight excluding hydrogens is 192 g/mol. The molecule has 0 bridgehead atoms. The SMILES string of the molecule is Oc1cc(O)cc(/C=C/c2ccco2)c1. The topological polar surface area (TPSA) is 53.6 Å². The first-order valence-electron chi connectivity index (χ1n) is 4.49. The van der Waals surface area contributed by atoms with Gasteiger partial charge in [0.25, 0.3) is 0 Å². The number of furan rings is 1. The lowest BCUT2D eigenvalue weighted by Crippen LogP contribution is -1.72. The predicted molar refractivity (Wildman–Crippen MR) is 57.4 cm³/mol. The number of hydrogen-bond acceptors (Lipinski definition) is 3. The summed E-state index contributed by atoms with van der Waals surface area (Å²) in [6.07, 6.45) is 5.09. The first-order chi connectivity index (χ1) is 7.24. The van der Waals surface area contributed by atoms with Crippen LogP contribution in [0, 0.1) is 0 Å². The Balaban J connectivity index is 2.24.